The van der Waals surface area contributed by atoms with Crippen LogP contribution in [0.2, 0.25) is 0 Å². The Bertz CT molecular complexity index is 1130. The molecular formula is C20H18N6O3. The molecule has 2 aromatic carbocycles. The summed E-state index contributed by atoms with van der Waals surface area (Å²) in [5, 5.41) is 25.4. The topological polar surface area (TPSA) is 116 Å². The summed E-state index contributed by atoms with van der Waals surface area (Å²) in [7, 11) is 1.69. The minimum Gasteiger partial charge on any atom is -0.322 e. The number of anilines is 1. The second-order valence-electron chi connectivity index (χ2n) is 6.32. The van der Waals surface area contributed by atoms with Crippen molar-refractivity contribution in [1.29, 1.82) is 0 Å². The van der Waals surface area contributed by atoms with E-state index < -0.39 is 10.8 Å². The molecule has 1 aromatic heterocycles. The van der Waals surface area contributed by atoms with Crippen LogP contribution in [0.1, 0.15) is 47.1 Å². The smallest absolute Gasteiger partial charge is 0.270 e. The molecule has 1 amide bonds. The van der Waals surface area contributed by atoms with Crippen LogP contribution in [0.4, 0.5) is 11.4 Å². The van der Waals surface area contributed by atoms with Gasteiger partial charge in [0, 0.05) is 36.3 Å². The van der Waals surface area contributed by atoms with Crippen LogP contribution in [0.5, 0.6) is 0 Å². The number of rotatable bonds is 5. The van der Waals surface area contributed by atoms with Crippen molar-refractivity contribution in [3.05, 3.63) is 75.1 Å². The number of nitrogens with one attached hydrogen (secondary N) is 1. The van der Waals surface area contributed by atoms with Gasteiger partial charge in [-0.15, -0.1) is 11.0 Å². The lowest BCUT2D eigenvalue weighted by molar-refractivity contribution is -0.384. The van der Waals surface area contributed by atoms with Gasteiger partial charge in [0.25, 0.3) is 11.6 Å². The number of nitro benzene ring substituents is 1. The van der Waals surface area contributed by atoms with Crippen LogP contribution in [0.3, 0.4) is 0 Å². The van der Waals surface area contributed by atoms with Crippen molar-refractivity contribution in [2.75, 3.05) is 5.32 Å². The molecule has 9 nitrogen and oxygen atoms in total. The van der Waals surface area contributed by atoms with E-state index in [4.69, 9.17) is 0 Å². The van der Waals surface area contributed by atoms with E-state index in [2.05, 4.69) is 32.7 Å². The number of nitrogens with zero attached hydrogens (tertiary/aromatic N) is 5. The summed E-state index contributed by atoms with van der Waals surface area (Å²) >= 11 is 0. The molecule has 0 spiro atoms. The van der Waals surface area contributed by atoms with E-state index in [1.54, 1.807) is 44.3 Å². The van der Waals surface area contributed by atoms with Gasteiger partial charge < -0.3 is 5.32 Å². The zero-order valence-corrected chi connectivity index (χ0v) is 16.1. The summed E-state index contributed by atoms with van der Waals surface area (Å²) in [4.78, 5) is 23.6. The molecule has 0 aliphatic rings. The molecule has 1 heterocycles. The zero-order valence-electron chi connectivity index (χ0n) is 16.1. The Labute approximate surface area is 166 Å². The number of aryl methyl sites for hydroxylation is 1. The quantitative estimate of drug-likeness (QED) is 0.407. The van der Waals surface area contributed by atoms with E-state index in [1.807, 2.05) is 6.92 Å². The molecule has 9 heteroatoms. The van der Waals surface area contributed by atoms with Gasteiger partial charge in [0.15, 0.2) is 5.82 Å². The lowest BCUT2D eigenvalue weighted by atomic mass is 9.94. The van der Waals surface area contributed by atoms with Crippen molar-refractivity contribution in [1.82, 2.24) is 20.2 Å². The van der Waals surface area contributed by atoms with Gasteiger partial charge in [-0.3, -0.25) is 14.9 Å². The highest BCUT2D eigenvalue weighted by molar-refractivity contribution is 6.06. The summed E-state index contributed by atoms with van der Waals surface area (Å²) in [5.74, 6) is 5.46. The first-order valence-electron chi connectivity index (χ1n) is 8.75. The van der Waals surface area contributed by atoms with E-state index in [0.29, 0.717) is 17.1 Å². The summed E-state index contributed by atoms with van der Waals surface area (Å²) in [6, 6.07) is 11.2. The van der Waals surface area contributed by atoms with Gasteiger partial charge in [0.1, 0.15) is 0 Å². The van der Waals surface area contributed by atoms with Crippen molar-refractivity contribution in [2.24, 2.45) is 7.05 Å². The number of hydrogen-bond acceptors (Lipinski definition) is 6. The van der Waals surface area contributed by atoms with E-state index in [0.717, 1.165) is 5.56 Å². The molecule has 0 bridgehead atoms. The molecule has 1 atom stereocenters. The number of carbonyl (C=O) groups excluding carboxylic acids is 1. The minimum absolute atomic E-state index is 0.171. The predicted octanol–water partition coefficient (Wildman–Crippen LogP) is 2.89. The minimum atomic E-state index is -0.534. The van der Waals surface area contributed by atoms with Crippen LogP contribution in [0.25, 0.3) is 0 Å². The van der Waals surface area contributed by atoms with Crippen LogP contribution in [0, 0.1) is 22.0 Å². The third kappa shape index (κ3) is 4.27. The molecule has 0 saturated heterocycles. The zero-order chi connectivity index (χ0) is 21.0. The first-order valence-corrected chi connectivity index (χ1v) is 8.75. The molecule has 0 aliphatic carbocycles. The molecule has 146 valence electrons. The summed E-state index contributed by atoms with van der Waals surface area (Å²) in [6.45, 7) is 3.58. The van der Waals surface area contributed by atoms with Crippen molar-refractivity contribution >= 4 is 17.3 Å². The number of carbonyl (C=O) groups is 1. The van der Waals surface area contributed by atoms with Crippen molar-refractivity contribution in [3.63, 3.8) is 0 Å². The standard InChI is InChI=1S/C20H18N6O3/c1-4-5-14-6-8-15(9-7-14)21-20(27)18-12-16(26(28)29)10-11-17(18)13(2)19-22-23-24-25(19)3/h6-13H,1-3H3,(H,21,27). The largest absolute Gasteiger partial charge is 0.322 e. The fourth-order valence-electron chi connectivity index (χ4n) is 2.95. The Hall–Kier alpha value is -4.06. The third-order valence-electron chi connectivity index (χ3n) is 4.41. The SMILES string of the molecule is CC#Cc1ccc(NC(=O)c2cc([N+](=O)[O-])ccc2C(C)c2nnnn2C)cc1. The molecule has 1 N–H and O–H groups in total. The predicted molar refractivity (Wildman–Crippen MR) is 106 cm³/mol. The van der Waals surface area contributed by atoms with Crippen LogP contribution in [0.15, 0.2) is 42.5 Å². The van der Waals surface area contributed by atoms with Gasteiger partial charge in [-0.2, -0.15) is 0 Å². The Morgan fingerprint density at radius 1 is 1.24 bits per heavy atom. The fraction of sp³-hybridized carbons (Fsp3) is 0.200. The third-order valence-corrected chi connectivity index (χ3v) is 4.41. The Kier molecular flexibility index (Phi) is 5.64. The maximum atomic E-state index is 13.0. The molecule has 3 rings (SSSR count). The number of hydrogen-bond donors (Lipinski definition) is 1. The number of non-ortho nitro benzene ring substituents is 1. The number of benzene rings is 2. The average Bonchev–Trinajstić information content (AvgIpc) is 3.14. The highest BCUT2D eigenvalue weighted by atomic mass is 16.6. The maximum absolute atomic E-state index is 13.0. The lowest BCUT2D eigenvalue weighted by Crippen LogP contribution is -2.17. The Morgan fingerprint density at radius 2 is 1.97 bits per heavy atom. The second-order valence-corrected chi connectivity index (χ2v) is 6.32. The van der Waals surface area contributed by atoms with Crippen LogP contribution in [-0.2, 0) is 7.05 Å². The Balaban J connectivity index is 1.97. The first kappa shape index (κ1) is 19.7. The van der Waals surface area contributed by atoms with Crippen molar-refractivity contribution in [2.45, 2.75) is 19.8 Å². The van der Waals surface area contributed by atoms with E-state index in [9.17, 15) is 14.9 Å². The Morgan fingerprint density at radius 3 is 2.55 bits per heavy atom. The average molecular weight is 390 g/mol. The molecule has 1 unspecified atom stereocenters. The number of aromatic nitrogens is 4. The van der Waals surface area contributed by atoms with Gasteiger partial charge in [-0.25, -0.2) is 4.68 Å². The summed E-state index contributed by atoms with van der Waals surface area (Å²) < 4.78 is 1.50. The number of amides is 1. The van der Waals surface area contributed by atoms with Crippen molar-refractivity contribution in [3.8, 4) is 11.8 Å². The molecular weight excluding hydrogens is 372 g/mol. The molecule has 0 saturated carbocycles. The number of tetrazole rings is 1. The monoisotopic (exact) mass is 390 g/mol. The summed E-state index contributed by atoms with van der Waals surface area (Å²) in [5.41, 5.74) is 1.98. The molecule has 0 fully saturated rings. The molecule has 3 aromatic rings. The maximum Gasteiger partial charge on any atom is 0.270 e. The lowest BCUT2D eigenvalue weighted by Gasteiger charge is -2.15. The van der Waals surface area contributed by atoms with E-state index in [-0.39, 0.29) is 17.2 Å². The van der Waals surface area contributed by atoms with Crippen LogP contribution < -0.4 is 5.32 Å². The highest BCUT2D eigenvalue weighted by Crippen LogP contribution is 2.29. The van der Waals surface area contributed by atoms with Crippen LogP contribution >= 0.6 is 0 Å². The fourth-order valence-corrected chi connectivity index (χ4v) is 2.95. The molecule has 29 heavy (non-hydrogen) atoms. The van der Waals surface area contributed by atoms with Crippen molar-refractivity contribution < 1.29 is 9.72 Å². The number of nitro groups is 1. The van der Waals surface area contributed by atoms with Gasteiger partial charge >= 0.3 is 0 Å². The molecule has 0 radical (unpaired) electrons. The van der Waals surface area contributed by atoms with E-state index >= 15 is 0 Å². The second kappa shape index (κ2) is 8.31. The summed E-state index contributed by atoms with van der Waals surface area (Å²) in [6.07, 6.45) is 0. The van der Waals surface area contributed by atoms with Crippen LogP contribution in [-0.4, -0.2) is 31.0 Å². The van der Waals surface area contributed by atoms with Gasteiger partial charge in [-0.1, -0.05) is 18.9 Å². The van der Waals surface area contributed by atoms with Gasteiger partial charge in [0.2, 0.25) is 0 Å². The van der Waals surface area contributed by atoms with Gasteiger partial charge in [-0.05, 0) is 47.2 Å². The van der Waals surface area contributed by atoms with Gasteiger partial charge in [0.05, 0.1) is 10.5 Å². The first-order chi connectivity index (χ1) is 13.9. The van der Waals surface area contributed by atoms with E-state index in [1.165, 1.54) is 16.8 Å². The molecule has 0 aliphatic heterocycles. The highest BCUT2D eigenvalue weighted by Gasteiger charge is 2.24. The normalized spacial score (nSPS) is 11.3.